The second-order valence-corrected chi connectivity index (χ2v) is 5.48. The number of aliphatic hydroxyl groups excluding tert-OH is 1. The Morgan fingerprint density at radius 1 is 1.48 bits per heavy atom. The highest BCUT2D eigenvalue weighted by Gasteiger charge is 2.32. The number of carbonyl (C=O) groups excluding carboxylic acids is 1. The highest BCUT2D eigenvalue weighted by atomic mass is 16.3. The van der Waals surface area contributed by atoms with Crippen LogP contribution in [0.4, 0.5) is 10.5 Å². The molecule has 1 fully saturated rings. The summed E-state index contributed by atoms with van der Waals surface area (Å²) in [6.45, 7) is 5.48. The number of urea groups is 1. The molecule has 5 nitrogen and oxygen atoms in total. The monoisotopic (exact) mass is 291 g/mol. The minimum Gasteiger partial charge on any atom is -0.395 e. The van der Waals surface area contributed by atoms with Crippen molar-refractivity contribution in [3.63, 3.8) is 0 Å². The molecule has 0 radical (unpaired) electrons. The van der Waals surface area contributed by atoms with Crippen molar-refractivity contribution in [2.45, 2.75) is 38.8 Å². The van der Waals surface area contributed by atoms with Crippen LogP contribution in [-0.4, -0.2) is 41.8 Å². The third-order valence-electron chi connectivity index (χ3n) is 3.74. The standard InChI is InChI=1S/C16H25N3O2/c1-3-17-12(2)13-5-4-6-14(11-13)18-16(21)19(9-10-20)15-7-8-15/h4-6,11-12,15,17,20H,3,7-10H2,1-2H3,(H,18,21). The molecule has 1 unspecified atom stereocenters. The molecule has 2 amide bonds. The average Bonchev–Trinajstić information content (AvgIpc) is 3.29. The SMILES string of the molecule is CCNC(C)c1cccc(NC(=O)N(CCO)C2CC2)c1. The lowest BCUT2D eigenvalue weighted by Crippen LogP contribution is -2.38. The zero-order chi connectivity index (χ0) is 15.2. The van der Waals surface area contributed by atoms with Gasteiger partial charge in [0.25, 0.3) is 0 Å². The Balaban J connectivity index is 2.01. The van der Waals surface area contributed by atoms with Crippen molar-refractivity contribution >= 4 is 11.7 Å². The van der Waals surface area contributed by atoms with Gasteiger partial charge >= 0.3 is 6.03 Å². The van der Waals surface area contributed by atoms with Gasteiger partial charge in [0.2, 0.25) is 0 Å². The summed E-state index contributed by atoms with van der Waals surface area (Å²) in [5.74, 6) is 0. The van der Waals surface area contributed by atoms with Crippen LogP contribution >= 0.6 is 0 Å². The van der Waals surface area contributed by atoms with Crippen molar-refractivity contribution < 1.29 is 9.90 Å². The second kappa shape index (κ2) is 7.43. The third-order valence-corrected chi connectivity index (χ3v) is 3.74. The van der Waals surface area contributed by atoms with Crippen LogP contribution in [-0.2, 0) is 0 Å². The van der Waals surface area contributed by atoms with Gasteiger partial charge in [-0.05, 0) is 44.0 Å². The Hall–Kier alpha value is -1.59. The summed E-state index contributed by atoms with van der Waals surface area (Å²) in [5.41, 5.74) is 1.95. The highest BCUT2D eigenvalue weighted by Crippen LogP contribution is 2.27. The molecule has 1 aromatic rings. The number of carbonyl (C=O) groups is 1. The van der Waals surface area contributed by atoms with Crippen LogP contribution in [0.25, 0.3) is 0 Å². The number of nitrogens with one attached hydrogen (secondary N) is 2. The number of rotatable bonds is 7. The molecular weight excluding hydrogens is 266 g/mol. The number of aliphatic hydroxyl groups is 1. The van der Waals surface area contributed by atoms with E-state index < -0.39 is 0 Å². The van der Waals surface area contributed by atoms with E-state index in [9.17, 15) is 4.79 Å². The fourth-order valence-electron chi connectivity index (χ4n) is 2.45. The highest BCUT2D eigenvalue weighted by molar-refractivity contribution is 5.89. The fraction of sp³-hybridized carbons (Fsp3) is 0.562. The molecule has 0 bridgehead atoms. The Kier molecular flexibility index (Phi) is 5.59. The lowest BCUT2D eigenvalue weighted by molar-refractivity contribution is 0.185. The van der Waals surface area contributed by atoms with E-state index in [1.54, 1.807) is 4.90 Å². The molecule has 0 aliphatic heterocycles. The van der Waals surface area contributed by atoms with Crippen LogP contribution in [0.15, 0.2) is 24.3 Å². The smallest absolute Gasteiger partial charge is 0.322 e. The molecule has 116 valence electrons. The van der Waals surface area contributed by atoms with Crippen LogP contribution in [0.2, 0.25) is 0 Å². The molecule has 1 atom stereocenters. The Labute approximate surface area is 126 Å². The van der Waals surface area contributed by atoms with Gasteiger partial charge in [-0.3, -0.25) is 0 Å². The van der Waals surface area contributed by atoms with Crippen LogP contribution in [0.5, 0.6) is 0 Å². The molecule has 0 spiro atoms. The van der Waals surface area contributed by atoms with E-state index in [1.807, 2.05) is 18.2 Å². The third kappa shape index (κ3) is 4.44. The molecule has 1 aliphatic rings. The molecule has 1 saturated carbocycles. The van der Waals surface area contributed by atoms with E-state index >= 15 is 0 Å². The van der Waals surface area contributed by atoms with E-state index in [1.165, 1.54) is 0 Å². The van der Waals surface area contributed by atoms with E-state index in [2.05, 4.69) is 30.5 Å². The van der Waals surface area contributed by atoms with Crippen molar-refractivity contribution in [1.82, 2.24) is 10.2 Å². The summed E-state index contributed by atoms with van der Waals surface area (Å²) in [6, 6.07) is 8.31. The molecule has 5 heteroatoms. The van der Waals surface area contributed by atoms with Crippen LogP contribution in [0, 0.1) is 0 Å². The van der Waals surface area contributed by atoms with Crippen molar-refractivity contribution in [2.75, 3.05) is 25.0 Å². The van der Waals surface area contributed by atoms with Crippen LogP contribution < -0.4 is 10.6 Å². The summed E-state index contributed by atoms with van der Waals surface area (Å²) in [6.07, 6.45) is 2.07. The largest absolute Gasteiger partial charge is 0.395 e. The van der Waals surface area contributed by atoms with Gasteiger partial charge in [0.1, 0.15) is 0 Å². The first kappa shape index (κ1) is 15.8. The van der Waals surface area contributed by atoms with Crippen LogP contribution in [0.1, 0.15) is 38.3 Å². The first-order valence-corrected chi connectivity index (χ1v) is 7.67. The van der Waals surface area contributed by atoms with E-state index in [0.717, 1.165) is 30.6 Å². The summed E-state index contributed by atoms with van der Waals surface area (Å²) in [4.78, 5) is 14.0. The minimum absolute atomic E-state index is 0.00140. The van der Waals surface area contributed by atoms with Crippen LogP contribution in [0.3, 0.4) is 0 Å². The average molecular weight is 291 g/mol. The van der Waals surface area contributed by atoms with E-state index in [0.29, 0.717) is 12.6 Å². The minimum atomic E-state index is -0.125. The topological polar surface area (TPSA) is 64.6 Å². The zero-order valence-electron chi connectivity index (χ0n) is 12.8. The predicted octanol–water partition coefficient (Wildman–Crippen LogP) is 2.35. The van der Waals surface area contributed by atoms with Gasteiger partial charge in [-0.2, -0.15) is 0 Å². The Morgan fingerprint density at radius 3 is 2.86 bits per heavy atom. The van der Waals surface area contributed by atoms with Crippen molar-refractivity contribution in [3.05, 3.63) is 29.8 Å². The molecule has 1 aromatic carbocycles. The van der Waals surface area contributed by atoms with Gasteiger partial charge < -0.3 is 20.6 Å². The lowest BCUT2D eigenvalue weighted by atomic mass is 10.1. The van der Waals surface area contributed by atoms with Gasteiger partial charge in [-0.1, -0.05) is 19.1 Å². The number of amides is 2. The summed E-state index contributed by atoms with van der Waals surface area (Å²) in [7, 11) is 0. The van der Waals surface area contributed by atoms with E-state index in [-0.39, 0.29) is 18.7 Å². The summed E-state index contributed by atoms with van der Waals surface area (Å²) < 4.78 is 0. The van der Waals surface area contributed by atoms with Gasteiger partial charge in [0, 0.05) is 24.3 Å². The molecule has 21 heavy (non-hydrogen) atoms. The quantitative estimate of drug-likeness (QED) is 0.722. The number of hydrogen-bond acceptors (Lipinski definition) is 3. The number of anilines is 1. The lowest BCUT2D eigenvalue weighted by Gasteiger charge is -2.22. The van der Waals surface area contributed by atoms with Gasteiger partial charge in [-0.25, -0.2) is 4.79 Å². The summed E-state index contributed by atoms with van der Waals surface area (Å²) in [5, 5.41) is 15.4. The van der Waals surface area contributed by atoms with Gasteiger partial charge in [0.05, 0.1) is 6.61 Å². The maximum absolute atomic E-state index is 12.3. The van der Waals surface area contributed by atoms with Crippen molar-refractivity contribution in [3.8, 4) is 0 Å². The predicted molar refractivity (Wildman–Crippen MR) is 84.4 cm³/mol. The first-order valence-electron chi connectivity index (χ1n) is 7.67. The van der Waals surface area contributed by atoms with Gasteiger partial charge in [0.15, 0.2) is 0 Å². The van der Waals surface area contributed by atoms with Gasteiger partial charge in [-0.15, -0.1) is 0 Å². The van der Waals surface area contributed by atoms with Crippen molar-refractivity contribution in [1.29, 1.82) is 0 Å². The van der Waals surface area contributed by atoms with E-state index in [4.69, 9.17) is 5.11 Å². The maximum atomic E-state index is 12.3. The Morgan fingerprint density at radius 2 is 2.24 bits per heavy atom. The molecule has 0 saturated heterocycles. The first-order chi connectivity index (χ1) is 10.2. The number of hydrogen-bond donors (Lipinski definition) is 3. The molecule has 3 N–H and O–H groups in total. The molecule has 2 rings (SSSR count). The summed E-state index contributed by atoms with van der Waals surface area (Å²) >= 11 is 0. The Bertz CT molecular complexity index is 474. The fourth-order valence-corrected chi connectivity index (χ4v) is 2.45. The molecular formula is C16H25N3O2. The molecule has 0 heterocycles. The second-order valence-electron chi connectivity index (χ2n) is 5.48. The number of nitrogens with zero attached hydrogens (tertiary/aromatic N) is 1. The normalized spacial score (nSPS) is 15.6. The molecule has 1 aliphatic carbocycles. The zero-order valence-corrected chi connectivity index (χ0v) is 12.8. The molecule has 0 aromatic heterocycles. The number of benzene rings is 1. The van der Waals surface area contributed by atoms with Crippen molar-refractivity contribution in [2.24, 2.45) is 0 Å². The maximum Gasteiger partial charge on any atom is 0.322 e.